The summed E-state index contributed by atoms with van der Waals surface area (Å²) in [5.41, 5.74) is 9.80. The summed E-state index contributed by atoms with van der Waals surface area (Å²) in [6, 6.07) is 6.61. The Labute approximate surface area is 95.3 Å². The minimum atomic E-state index is 0.268. The third-order valence-electron chi connectivity index (χ3n) is 3.82. The molecule has 0 bridgehead atoms. The Morgan fingerprint density at radius 3 is 2.88 bits per heavy atom. The average molecular weight is 215 g/mol. The van der Waals surface area contributed by atoms with Crippen LogP contribution in [0.5, 0.6) is 0 Å². The largest absolute Gasteiger partial charge is 0.331 e. The molecule has 0 spiro atoms. The predicted octanol–water partition coefficient (Wildman–Crippen LogP) is 2.05. The molecule has 3 rings (SSSR count). The molecule has 0 amide bonds. The van der Waals surface area contributed by atoms with Gasteiger partial charge in [-0.1, -0.05) is 6.07 Å². The van der Waals surface area contributed by atoms with Crippen molar-refractivity contribution < 1.29 is 0 Å². The second-order valence-electron chi connectivity index (χ2n) is 4.72. The monoisotopic (exact) mass is 215 g/mol. The van der Waals surface area contributed by atoms with Crippen LogP contribution in [0.3, 0.4) is 0 Å². The molecule has 3 heteroatoms. The van der Waals surface area contributed by atoms with Gasteiger partial charge in [-0.25, -0.2) is 4.98 Å². The average Bonchev–Trinajstić information content (AvgIpc) is 3.03. The van der Waals surface area contributed by atoms with Crippen molar-refractivity contribution in [2.45, 2.75) is 31.7 Å². The van der Waals surface area contributed by atoms with Gasteiger partial charge in [-0.3, -0.25) is 0 Å². The van der Waals surface area contributed by atoms with E-state index in [0.717, 1.165) is 18.6 Å². The number of hydrogen-bond donors (Lipinski definition) is 1. The van der Waals surface area contributed by atoms with E-state index in [1.807, 2.05) is 6.33 Å². The van der Waals surface area contributed by atoms with Crippen LogP contribution in [0.25, 0.3) is 11.0 Å². The topological polar surface area (TPSA) is 43.8 Å². The van der Waals surface area contributed by atoms with E-state index >= 15 is 0 Å². The Balaban J connectivity index is 2.10. The summed E-state index contributed by atoms with van der Waals surface area (Å²) in [5, 5.41) is 0. The van der Waals surface area contributed by atoms with Gasteiger partial charge in [-0.2, -0.15) is 0 Å². The first-order chi connectivity index (χ1) is 7.79. The van der Waals surface area contributed by atoms with Crippen molar-refractivity contribution in [3.8, 4) is 0 Å². The van der Waals surface area contributed by atoms with E-state index in [9.17, 15) is 0 Å². The number of rotatable bonds is 3. The quantitative estimate of drug-likeness (QED) is 0.851. The molecule has 1 heterocycles. The first kappa shape index (κ1) is 9.85. The molecular weight excluding hydrogens is 198 g/mol. The van der Waals surface area contributed by atoms with Crippen LogP contribution >= 0.6 is 0 Å². The van der Waals surface area contributed by atoms with Crippen LogP contribution in [0, 0.1) is 0 Å². The molecule has 0 saturated heterocycles. The Kier molecular flexibility index (Phi) is 2.04. The molecule has 0 unspecified atom stereocenters. The molecule has 84 valence electrons. The van der Waals surface area contributed by atoms with Crippen LogP contribution in [-0.2, 0) is 12.0 Å². The number of fused-ring (bicyclic) bond motifs is 1. The van der Waals surface area contributed by atoms with Crippen LogP contribution in [0.15, 0.2) is 24.5 Å². The SMILES string of the molecule is CCn1cnc2cc(C3(CN)CC3)ccc21. The maximum absolute atomic E-state index is 5.85. The third kappa shape index (κ3) is 1.28. The van der Waals surface area contributed by atoms with Crippen LogP contribution in [-0.4, -0.2) is 16.1 Å². The molecule has 2 aromatic rings. The molecular formula is C13H17N3. The van der Waals surface area contributed by atoms with Crippen molar-refractivity contribution >= 4 is 11.0 Å². The zero-order valence-corrected chi connectivity index (χ0v) is 9.61. The number of benzene rings is 1. The van der Waals surface area contributed by atoms with Gasteiger partial charge < -0.3 is 10.3 Å². The van der Waals surface area contributed by atoms with E-state index in [2.05, 4.69) is 34.7 Å². The fourth-order valence-corrected chi connectivity index (χ4v) is 2.41. The van der Waals surface area contributed by atoms with E-state index in [0.29, 0.717) is 0 Å². The minimum Gasteiger partial charge on any atom is -0.331 e. The van der Waals surface area contributed by atoms with Crippen LogP contribution in [0.1, 0.15) is 25.3 Å². The predicted molar refractivity (Wildman–Crippen MR) is 65.4 cm³/mol. The lowest BCUT2D eigenvalue weighted by molar-refractivity contribution is 0.705. The highest BCUT2D eigenvalue weighted by atomic mass is 15.0. The van der Waals surface area contributed by atoms with Gasteiger partial charge in [0.2, 0.25) is 0 Å². The van der Waals surface area contributed by atoms with Gasteiger partial charge in [-0.15, -0.1) is 0 Å². The van der Waals surface area contributed by atoms with Gasteiger partial charge in [-0.05, 0) is 37.5 Å². The van der Waals surface area contributed by atoms with E-state index in [4.69, 9.17) is 5.73 Å². The van der Waals surface area contributed by atoms with Crippen molar-refractivity contribution in [1.82, 2.24) is 9.55 Å². The first-order valence-corrected chi connectivity index (χ1v) is 5.94. The standard InChI is InChI=1S/C13H17N3/c1-2-16-9-15-11-7-10(3-4-12(11)16)13(8-14)5-6-13/h3-4,7,9H,2,5-6,8,14H2,1H3. The van der Waals surface area contributed by atoms with Crippen LogP contribution < -0.4 is 5.73 Å². The maximum atomic E-state index is 5.85. The smallest absolute Gasteiger partial charge is 0.0958 e. The number of nitrogens with zero attached hydrogens (tertiary/aromatic N) is 2. The zero-order valence-electron chi connectivity index (χ0n) is 9.61. The third-order valence-corrected chi connectivity index (χ3v) is 3.82. The normalized spacial score (nSPS) is 17.9. The second-order valence-corrected chi connectivity index (χ2v) is 4.72. The summed E-state index contributed by atoms with van der Waals surface area (Å²) in [6.45, 7) is 3.86. The van der Waals surface area contributed by atoms with Crippen molar-refractivity contribution in [2.75, 3.05) is 6.54 Å². The summed E-state index contributed by atoms with van der Waals surface area (Å²) in [6.07, 6.45) is 4.36. The van der Waals surface area contributed by atoms with E-state index in [1.54, 1.807) is 0 Å². The molecule has 0 radical (unpaired) electrons. The summed E-state index contributed by atoms with van der Waals surface area (Å²) < 4.78 is 2.17. The molecule has 3 nitrogen and oxygen atoms in total. The molecule has 2 N–H and O–H groups in total. The Hall–Kier alpha value is -1.35. The highest BCUT2D eigenvalue weighted by Gasteiger charge is 2.42. The maximum Gasteiger partial charge on any atom is 0.0958 e. The van der Waals surface area contributed by atoms with E-state index in [-0.39, 0.29) is 5.41 Å². The second kappa shape index (κ2) is 3.32. The molecule has 0 aliphatic heterocycles. The van der Waals surface area contributed by atoms with Gasteiger partial charge in [0.05, 0.1) is 17.4 Å². The van der Waals surface area contributed by atoms with Crippen LogP contribution in [0.4, 0.5) is 0 Å². The molecule has 1 aromatic carbocycles. The lowest BCUT2D eigenvalue weighted by Crippen LogP contribution is -2.19. The highest BCUT2D eigenvalue weighted by molar-refractivity contribution is 5.76. The molecule has 1 aliphatic carbocycles. The lowest BCUT2D eigenvalue weighted by Gasteiger charge is -2.12. The van der Waals surface area contributed by atoms with Gasteiger partial charge in [0.15, 0.2) is 0 Å². The zero-order chi connectivity index (χ0) is 11.2. The summed E-state index contributed by atoms with van der Waals surface area (Å²) in [4.78, 5) is 4.45. The lowest BCUT2D eigenvalue weighted by atomic mass is 9.96. The van der Waals surface area contributed by atoms with Gasteiger partial charge in [0.1, 0.15) is 0 Å². The van der Waals surface area contributed by atoms with Gasteiger partial charge in [0.25, 0.3) is 0 Å². The fourth-order valence-electron chi connectivity index (χ4n) is 2.41. The molecule has 16 heavy (non-hydrogen) atoms. The van der Waals surface area contributed by atoms with E-state index in [1.165, 1.54) is 23.9 Å². The summed E-state index contributed by atoms with van der Waals surface area (Å²) in [7, 11) is 0. The number of nitrogens with two attached hydrogens (primary N) is 1. The number of imidazole rings is 1. The molecule has 1 aliphatic rings. The van der Waals surface area contributed by atoms with E-state index < -0.39 is 0 Å². The molecule has 1 fully saturated rings. The van der Waals surface area contributed by atoms with Crippen LogP contribution in [0.2, 0.25) is 0 Å². The first-order valence-electron chi connectivity index (χ1n) is 5.94. The number of aryl methyl sites for hydroxylation is 1. The number of hydrogen-bond acceptors (Lipinski definition) is 2. The van der Waals surface area contributed by atoms with Crippen molar-refractivity contribution in [3.63, 3.8) is 0 Å². The molecule has 0 atom stereocenters. The van der Waals surface area contributed by atoms with Crippen molar-refractivity contribution in [2.24, 2.45) is 5.73 Å². The molecule has 1 aromatic heterocycles. The Bertz CT molecular complexity index is 523. The fraction of sp³-hybridized carbons (Fsp3) is 0.462. The van der Waals surface area contributed by atoms with Crippen molar-refractivity contribution in [1.29, 1.82) is 0 Å². The Morgan fingerprint density at radius 1 is 1.44 bits per heavy atom. The summed E-state index contributed by atoms with van der Waals surface area (Å²) in [5.74, 6) is 0. The van der Waals surface area contributed by atoms with Crippen molar-refractivity contribution in [3.05, 3.63) is 30.1 Å². The number of aromatic nitrogens is 2. The summed E-state index contributed by atoms with van der Waals surface area (Å²) >= 11 is 0. The van der Waals surface area contributed by atoms with Gasteiger partial charge in [0, 0.05) is 18.5 Å². The highest BCUT2D eigenvalue weighted by Crippen LogP contribution is 2.47. The molecule has 1 saturated carbocycles. The minimum absolute atomic E-state index is 0.268. The Morgan fingerprint density at radius 2 is 2.25 bits per heavy atom. The van der Waals surface area contributed by atoms with Gasteiger partial charge >= 0.3 is 0 Å².